The zero-order valence-corrected chi connectivity index (χ0v) is 22.2. The Balaban J connectivity index is 1.57. The number of aliphatic hydroxyl groups is 2. The number of halogens is 1. The van der Waals surface area contributed by atoms with Crippen LogP contribution in [0, 0.1) is 5.92 Å². The van der Waals surface area contributed by atoms with Crippen molar-refractivity contribution in [3.8, 4) is 5.75 Å². The molecule has 7 nitrogen and oxygen atoms in total. The van der Waals surface area contributed by atoms with Crippen molar-refractivity contribution < 1.29 is 19.7 Å². The molecule has 0 radical (unpaired) electrons. The van der Waals surface area contributed by atoms with Crippen LogP contribution in [0.5, 0.6) is 5.75 Å². The first-order valence-electron chi connectivity index (χ1n) is 12.3. The lowest BCUT2D eigenvalue weighted by molar-refractivity contribution is -0.104. The van der Waals surface area contributed by atoms with E-state index in [-0.39, 0.29) is 30.6 Å². The summed E-state index contributed by atoms with van der Waals surface area (Å²) in [5, 5.41) is 24.4. The zero-order valence-electron chi connectivity index (χ0n) is 20.6. The number of hydrogen-bond donors (Lipinski definition) is 3. The third kappa shape index (κ3) is 6.00. The lowest BCUT2D eigenvalue weighted by Gasteiger charge is -2.58. The number of carbonyl (C=O) groups excluding carboxylic acids is 1. The number of benzene rings is 2. The first-order chi connectivity index (χ1) is 16.8. The molecule has 3 N–H and O–H groups in total. The number of aliphatic hydroxyl groups excluding tert-OH is 2. The number of rotatable bonds is 6. The van der Waals surface area contributed by atoms with Crippen LogP contribution in [0.25, 0.3) is 0 Å². The molecule has 5 atom stereocenters. The monoisotopic (exact) mass is 545 g/mol. The Bertz CT molecular complexity index is 985. The van der Waals surface area contributed by atoms with Gasteiger partial charge in [-0.25, -0.2) is 4.79 Å². The van der Waals surface area contributed by atoms with Gasteiger partial charge in [-0.1, -0.05) is 41.9 Å². The fraction of sp³-hybridized carbons (Fsp3) is 0.519. The number of anilines is 1. The predicted octanol–water partition coefficient (Wildman–Crippen LogP) is 4.30. The minimum absolute atomic E-state index is 0.0668. The number of ether oxygens (including phenoxy) is 1. The number of hydrogen-bond acceptors (Lipinski definition) is 5. The van der Waals surface area contributed by atoms with Crippen molar-refractivity contribution in [1.29, 1.82) is 0 Å². The average Bonchev–Trinajstić information content (AvgIpc) is 2.83. The minimum Gasteiger partial charge on any atom is -0.497 e. The van der Waals surface area contributed by atoms with Crippen LogP contribution in [0.4, 0.5) is 10.5 Å². The summed E-state index contributed by atoms with van der Waals surface area (Å²) in [6, 6.07) is 15.6. The van der Waals surface area contributed by atoms with Crippen molar-refractivity contribution in [2.24, 2.45) is 5.92 Å². The van der Waals surface area contributed by atoms with E-state index in [0.29, 0.717) is 30.4 Å². The molecule has 2 amide bonds. The molecule has 35 heavy (non-hydrogen) atoms. The molecule has 2 aromatic rings. The fourth-order valence-corrected chi connectivity index (χ4v) is 5.57. The molecule has 0 spiro atoms. The Labute approximate surface area is 216 Å². The molecule has 2 aliphatic rings. The molecule has 0 aromatic heterocycles. The Kier molecular flexibility index (Phi) is 8.37. The smallest absolute Gasteiger partial charge is 0.321 e. The number of nitrogens with one attached hydrogen (secondary N) is 1. The van der Waals surface area contributed by atoms with Gasteiger partial charge in [-0.2, -0.15) is 0 Å². The molecule has 2 heterocycles. The van der Waals surface area contributed by atoms with Crippen molar-refractivity contribution in [3.05, 3.63) is 58.6 Å². The summed E-state index contributed by atoms with van der Waals surface area (Å²) in [6.45, 7) is 5.42. The van der Waals surface area contributed by atoms with E-state index in [1.54, 1.807) is 36.3 Å². The third-order valence-corrected chi connectivity index (χ3v) is 7.79. The zero-order chi connectivity index (χ0) is 25.1. The van der Waals surface area contributed by atoms with Gasteiger partial charge in [0.2, 0.25) is 0 Å². The van der Waals surface area contributed by atoms with Crippen LogP contribution in [0.2, 0.25) is 0 Å². The number of methoxy groups -OCH3 is 1. The average molecular weight is 547 g/mol. The molecular weight excluding hydrogens is 510 g/mol. The summed E-state index contributed by atoms with van der Waals surface area (Å²) >= 11 is 3.53. The van der Waals surface area contributed by atoms with Gasteiger partial charge >= 0.3 is 6.03 Å². The van der Waals surface area contributed by atoms with E-state index in [4.69, 9.17) is 4.74 Å². The summed E-state index contributed by atoms with van der Waals surface area (Å²) in [6.07, 6.45) is 0.174. The molecule has 0 aliphatic carbocycles. The molecule has 2 fully saturated rings. The largest absolute Gasteiger partial charge is 0.497 e. The first kappa shape index (κ1) is 25.9. The summed E-state index contributed by atoms with van der Waals surface area (Å²) in [4.78, 5) is 17.2. The van der Waals surface area contributed by atoms with Crippen LogP contribution in [0.3, 0.4) is 0 Å². The Hall–Kier alpha value is -2.13. The standard InChI is InChI=1S/C27H36BrN3O4/c1-17(2)4-13-22-26(18-5-7-19(28)8-6-18)23-14-30(15-24(32)25(33)16-31(22)23)27(34)29-20-9-11-21(35-3)12-10-20/h5-12,17,22-26,32-33H,4,13-16H2,1-3H3,(H,29,34)/t22-,23+,24-,25+,26+/m1/s1. The van der Waals surface area contributed by atoms with Crippen molar-refractivity contribution in [2.45, 2.75) is 56.9 Å². The van der Waals surface area contributed by atoms with Gasteiger partial charge in [0.1, 0.15) is 5.75 Å². The molecule has 2 aromatic carbocycles. The van der Waals surface area contributed by atoms with Crippen LogP contribution in [-0.2, 0) is 0 Å². The van der Waals surface area contributed by atoms with Gasteiger partial charge < -0.3 is 25.2 Å². The number of urea groups is 1. The molecule has 8 heteroatoms. The Morgan fingerprint density at radius 3 is 2.34 bits per heavy atom. The van der Waals surface area contributed by atoms with E-state index in [1.165, 1.54) is 5.56 Å². The van der Waals surface area contributed by atoms with Crippen LogP contribution in [0.1, 0.15) is 38.2 Å². The highest BCUT2D eigenvalue weighted by Crippen LogP contribution is 2.44. The van der Waals surface area contributed by atoms with E-state index in [9.17, 15) is 15.0 Å². The lowest BCUT2D eigenvalue weighted by atomic mass is 9.71. The number of β-amino-alcohol motifs (C(OH)–C–C–N with tert-alkyl or cyclic N) is 1. The van der Waals surface area contributed by atoms with Gasteiger partial charge in [-0.05, 0) is 60.7 Å². The maximum absolute atomic E-state index is 13.3. The maximum Gasteiger partial charge on any atom is 0.321 e. The fourth-order valence-electron chi connectivity index (χ4n) is 5.31. The van der Waals surface area contributed by atoms with Crippen molar-refractivity contribution >= 4 is 27.6 Å². The number of fused-ring (bicyclic) bond motifs is 1. The highest BCUT2D eigenvalue weighted by atomic mass is 79.9. The quantitative estimate of drug-likeness (QED) is 0.503. The highest BCUT2D eigenvalue weighted by Gasteiger charge is 2.51. The normalized spacial score (nSPS) is 26.9. The van der Waals surface area contributed by atoms with Gasteiger partial charge in [-0.3, -0.25) is 4.90 Å². The molecule has 0 saturated carbocycles. The van der Waals surface area contributed by atoms with E-state index >= 15 is 0 Å². The van der Waals surface area contributed by atoms with E-state index < -0.39 is 12.2 Å². The lowest BCUT2D eigenvalue weighted by Crippen LogP contribution is -2.70. The van der Waals surface area contributed by atoms with Crippen molar-refractivity contribution in [1.82, 2.24) is 9.80 Å². The van der Waals surface area contributed by atoms with Gasteiger partial charge in [0, 0.05) is 41.3 Å². The third-order valence-electron chi connectivity index (χ3n) is 7.26. The molecule has 2 saturated heterocycles. The first-order valence-corrected chi connectivity index (χ1v) is 13.1. The van der Waals surface area contributed by atoms with E-state index in [1.807, 2.05) is 0 Å². The van der Waals surface area contributed by atoms with E-state index in [2.05, 4.69) is 64.3 Å². The van der Waals surface area contributed by atoms with Gasteiger partial charge in [0.25, 0.3) is 0 Å². The molecule has 2 aliphatic heterocycles. The molecule has 190 valence electrons. The maximum atomic E-state index is 13.3. The highest BCUT2D eigenvalue weighted by molar-refractivity contribution is 9.10. The van der Waals surface area contributed by atoms with Crippen LogP contribution in [0.15, 0.2) is 53.0 Å². The second kappa shape index (κ2) is 11.3. The summed E-state index contributed by atoms with van der Waals surface area (Å²) < 4.78 is 6.23. The minimum atomic E-state index is -1.00. The summed E-state index contributed by atoms with van der Waals surface area (Å²) in [5.74, 6) is 1.54. The number of nitrogens with zero attached hydrogens (tertiary/aromatic N) is 2. The topological polar surface area (TPSA) is 85.3 Å². The Morgan fingerprint density at radius 2 is 1.71 bits per heavy atom. The second-order valence-corrected chi connectivity index (χ2v) is 11.0. The second-order valence-electron chi connectivity index (χ2n) is 10.1. The van der Waals surface area contributed by atoms with Gasteiger partial charge in [0.15, 0.2) is 0 Å². The van der Waals surface area contributed by atoms with Gasteiger partial charge in [-0.15, -0.1) is 0 Å². The number of amides is 2. The van der Waals surface area contributed by atoms with Crippen LogP contribution < -0.4 is 10.1 Å². The van der Waals surface area contributed by atoms with E-state index in [0.717, 1.165) is 17.3 Å². The molecule has 0 bridgehead atoms. The SMILES string of the molecule is COc1ccc(NC(=O)N2C[C@@H](O)[C@@H](O)CN3[C@H](CCC(C)C)[C@H](c4ccc(Br)cc4)[C@@H]3C2)cc1. The Morgan fingerprint density at radius 1 is 1.06 bits per heavy atom. The molecule has 4 rings (SSSR count). The van der Waals surface area contributed by atoms with Crippen molar-refractivity contribution in [3.63, 3.8) is 0 Å². The van der Waals surface area contributed by atoms with Crippen LogP contribution in [-0.4, -0.2) is 77.1 Å². The predicted molar refractivity (Wildman–Crippen MR) is 141 cm³/mol. The van der Waals surface area contributed by atoms with Crippen LogP contribution >= 0.6 is 15.9 Å². The molecule has 0 unspecified atom stereocenters. The number of carbonyl (C=O) groups is 1. The van der Waals surface area contributed by atoms with Crippen molar-refractivity contribution in [2.75, 3.05) is 32.1 Å². The molecular formula is C27H36BrN3O4. The summed E-state index contributed by atoms with van der Waals surface area (Å²) in [7, 11) is 1.60. The summed E-state index contributed by atoms with van der Waals surface area (Å²) in [5.41, 5.74) is 1.90. The van der Waals surface area contributed by atoms with Gasteiger partial charge in [0.05, 0.1) is 25.9 Å².